The molecule has 1 rings (SSSR count). The van der Waals surface area contributed by atoms with E-state index in [-0.39, 0.29) is 0 Å². The molecule has 16 heavy (non-hydrogen) atoms. The van der Waals surface area contributed by atoms with E-state index in [0.717, 1.165) is 35.5 Å². The Kier molecular flexibility index (Phi) is 4.11. The first-order valence-electron chi connectivity index (χ1n) is 5.93. The number of hydrogen-bond donors (Lipinski definition) is 1. The fourth-order valence-electron chi connectivity index (χ4n) is 1.99. The molecule has 0 spiro atoms. The zero-order chi connectivity index (χ0) is 12.3. The number of benzene rings is 1. The van der Waals surface area contributed by atoms with Crippen molar-refractivity contribution in [1.82, 2.24) is 0 Å². The molecule has 0 saturated heterocycles. The SMILES string of the molecule is CCc1cc(N=C(C)C)c(C)c(N)c1CC. The normalized spacial score (nSPS) is 10.3. The van der Waals surface area contributed by atoms with Crippen molar-refractivity contribution in [3.8, 4) is 0 Å². The van der Waals surface area contributed by atoms with Crippen LogP contribution in [0.15, 0.2) is 11.1 Å². The van der Waals surface area contributed by atoms with Crippen molar-refractivity contribution in [3.63, 3.8) is 0 Å². The molecule has 2 N–H and O–H groups in total. The maximum Gasteiger partial charge on any atom is 0.0681 e. The van der Waals surface area contributed by atoms with Crippen LogP contribution in [0.4, 0.5) is 11.4 Å². The van der Waals surface area contributed by atoms with Crippen LogP contribution in [0.1, 0.15) is 44.4 Å². The molecule has 0 saturated carbocycles. The Balaban J connectivity index is 3.44. The molecule has 0 aromatic heterocycles. The van der Waals surface area contributed by atoms with Crippen molar-refractivity contribution in [2.24, 2.45) is 4.99 Å². The lowest BCUT2D eigenvalue weighted by molar-refractivity contribution is 1.03. The molecule has 0 heterocycles. The van der Waals surface area contributed by atoms with Gasteiger partial charge in [0.15, 0.2) is 0 Å². The molecular formula is C14H22N2. The standard InChI is InChI=1S/C14H22N2/c1-6-11-8-13(16-9(3)4)10(5)14(15)12(11)7-2/h8H,6-7,15H2,1-5H3. The third-order valence-corrected chi connectivity index (χ3v) is 2.89. The third-order valence-electron chi connectivity index (χ3n) is 2.89. The minimum atomic E-state index is 0.918. The van der Waals surface area contributed by atoms with Crippen LogP contribution in [0.5, 0.6) is 0 Å². The van der Waals surface area contributed by atoms with Gasteiger partial charge in [0.2, 0.25) is 0 Å². The fourth-order valence-corrected chi connectivity index (χ4v) is 1.99. The molecule has 88 valence electrons. The van der Waals surface area contributed by atoms with Crippen molar-refractivity contribution in [2.45, 2.75) is 47.5 Å². The van der Waals surface area contributed by atoms with E-state index >= 15 is 0 Å². The molecule has 2 heteroatoms. The maximum absolute atomic E-state index is 6.18. The molecule has 0 unspecified atom stereocenters. The van der Waals surface area contributed by atoms with Gasteiger partial charge in [0, 0.05) is 11.4 Å². The first kappa shape index (κ1) is 12.8. The van der Waals surface area contributed by atoms with Gasteiger partial charge in [0.1, 0.15) is 0 Å². The van der Waals surface area contributed by atoms with Gasteiger partial charge in [-0.2, -0.15) is 0 Å². The number of nitrogens with zero attached hydrogens (tertiary/aromatic N) is 1. The zero-order valence-corrected chi connectivity index (χ0v) is 11.0. The van der Waals surface area contributed by atoms with Gasteiger partial charge in [-0.05, 0) is 56.4 Å². The Labute approximate surface area is 98.6 Å². The van der Waals surface area contributed by atoms with Gasteiger partial charge in [-0.25, -0.2) is 0 Å². The summed E-state index contributed by atoms with van der Waals surface area (Å²) in [4.78, 5) is 4.54. The highest BCUT2D eigenvalue weighted by molar-refractivity contribution is 5.83. The molecule has 0 amide bonds. The molecule has 0 aliphatic rings. The second kappa shape index (κ2) is 5.15. The third kappa shape index (κ3) is 2.43. The van der Waals surface area contributed by atoms with Crippen LogP contribution < -0.4 is 5.73 Å². The van der Waals surface area contributed by atoms with E-state index < -0.39 is 0 Å². The molecule has 1 aromatic rings. The highest BCUT2D eigenvalue weighted by Gasteiger charge is 2.10. The van der Waals surface area contributed by atoms with Crippen LogP contribution in [-0.2, 0) is 12.8 Å². The predicted molar refractivity (Wildman–Crippen MR) is 72.8 cm³/mol. The van der Waals surface area contributed by atoms with Gasteiger partial charge < -0.3 is 5.73 Å². The number of anilines is 1. The Bertz CT molecular complexity index is 413. The smallest absolute Gasteiger partial charge is 0.0681 e. The molecule has 1 aromatic carbocycles. The highest BCUT2D eigenvalue weighted by Crippen LogP contribution is 2.31. The lowest BCUT2D eigenvalue weighted by Gasteiger charge is -2.14. The highest BCUT2D eigenvalue weighted by atomic mass is 14.8. The van der Waals surface area contributed by atoms with Gasteiger partial charge in [-0.1, -0.05) is 13.8 Å². The van der Waals surface area contributed by atoms with E-state index in [9.17, 15) is 0 Å². The Morgan fingerprint density at radius 1 is 1.25 bits per heavy atom. The van der Waals surface area contributed by atoms with Crippen molar-refractivity contribution in [1.29, 1.82) is 0 Å². The summed E-state index contributed by atoms with van der Waals surface area (Å²) in [6.45, 7) is 10.4. The fraction of sp³-hybridized carbons (Fsp3) is 0.500. The monoisotopic (exact) mass is 218 g/mol. The predicted octanol–water partition coefficient (Wildman–Crippen LogP) is 3.81. The van der Waals surface area contributed by atoms with Gasteiger partial charge in [-0.3, -0.25) is 4.99 Å². The zero-order valence-electron chi connectivity index (χ0n) is 11.0. The summed E-state index contributed by atoms with van der Waals surface area (Å²) in [7, 11) is 0. The molecule has 0 aliphatic heterocycles. The number of nitrogens with two attached hydrogens (primary N) is 1. The van der Waals surface area contributed by atoms with Crippen LogP contribution >= 0.6 is 0 Å². The summed E-state index contributed by atoms with van der Waals surface area (Å²) in [6, 6.07) is 2.18. The van der Waals surface area contributed by atoms with Crippen molar-refractivity contribution >= 4 is 17.1 Å². The minimum absolute atomic E-state index is 0.918. The molecule has 0 radical (unpaired) electrons. The summed E-state index contributed by atoms with van der Waals surface area (Å²) in [5, 5.41) is 0. The van der Waals surface area contributed by atoms with Crippen LogP contribution in [-0.4, -0.2) is 5.71 Å². The quantitative estimate of drug-likeness (QED) is 0.608. The lowest BCUT2D eigenvalue weighted by atomic mass is 9.96. The summed E-state index contributed by atoms with van der Waals surface area (Å²) in [5.41, 5.74) is 12.9. The molecule has 2 nitrogen and oxygen atoms in total. The van der Waals surface area contributed by atoms with Crippen LogP contribution in [0, 0.1) is 6.92 Å². The second-order valence-corrected chi connectivity index (χ2v) is 4.34. The molecule has 0 atom stereocenters. The van der Waals surface area contributed by atoms with Gasteiger partial charge in [0.25, 0.3) is 0 Å². The van der Waals surface area contributed by atoms with Crippen LogP contribution in [0.2, 0.25) is 0 Å². The van der Waals surface area contributed by atoms with Gasteiger partial charge in [0.05, 0.1) is 5.69 Å². The summed E-state index contributed by atoms with van der Waals surface area (Å²) in [6.07, 6.45) is 2.00. The molecular weight excluding hydrogens is 196 g/mol. The van der Waals surface area contributed by atoms with E-state index in [1.54, 1.807) is 0 Å². The lowest BCUT2D eigenvalue weighted by Crippen LogP contribution is -2.01. The maximum atomic E-state index is 6.18. The van der Waals surface area contributed by atoms with Gasteiger partial charge >= 0.3 is 0 Å². The minimum Gasteiger partial charge on any atom is -0.398 e. The number of hydrogen-bond acceptors (Lipinski definition) is 2. The van der Waals surface area contributed by atoms with Gasteiger partial charge in [-0.15, -0.1) is 0 Å². The molecule has 0 aliphatic carbocycles. The number of nitrogen functional groups attached to an aromatic ring is 1. The van der Waals surface area contributed by atoms with E-state index in [1.807, 2.05) is 13.8 Å². The first-order valence-corrected chi connectivity index (χ1v) is 5.93. The Morgan fingerprint density at radius 3 is 2.31 bits per heavy atom. The van der Waals surface area contributed by atoms with Crippen molar-refractivity contribution in [2.75, 3.05) is 5.73 Å². The molecule has 0 bridgehead atoms. The average Bonchev–Trinajstić information content (AvgIpc) is 2.24. The number of aliphatic imine (C=N–C) groups is 1. The van der Waals surface area contributed by atoms with Crippen molar-refractivity contribution < 1.29 is 0 Å². The van der Waals surface area contributed by atoms with Crippen LogP contribution in [0.25, 0.3) is 0 Å². The number of aryl methyl sites for hydroxylation is 1. The molecule has 0 fully saturated rings. The van der Waals surface area contributed by atoms with E-state index in [1.165, 1.54) is 11.1 Å². The summed E-state index contributed by atoms with van der Waals surface area (Å²) < 4.78 is 0. The summed E-state index contributed by atoms with van der Waals surface area (Å²) >= 11 is 0. The number of rotatable bonds is 3. The van der Waals surface area contributed by atoms with Crippen LogP contribution in [0.3, 0.4) is 0 Å². The Morgan fingerprint density at radius 2 is 1.88 bits per heavy atom. The topological polar surface area (TPSA) is 38.4 Å². The van der Waals surface area contributed by atoms with E-state index in [2.05, 4.69) is 31.8 Å². The summed E-state index contributed by atoms with van der Waals surface area (Å²) in [5.74, 6) is 0. The van der Waals surface area contributed by atoms with Crippen molar-refractivity contribution in [3.05, 3.63) is 22.8 Å². The average molecular weight is 218 g/mol. The largest absolute Gasteiger partial charge is 0.398 e. The second-order valence-electron chi connectivity index (χ2n) is 4.34. The van der Waals surface area contributed by atoms with E-state index in [0.29, 0.717) is 0 Å². The Hall–Kier alpha value is -1.31. The first-order chi connectivity index (χ1) is 7.51. The van der Waals surface area contributed by atoms with E-state index in [4.69, 9.17) is 5.73 Å².